The minimum Gasteiger partial charge on any atom is -0.353 e. The maximum absolute atomic E-state index is 7.23. The molecule has 0 N–H and O–H groups in total. The van der Waals surface area contributed by atoms with E-state index in [2.05, 4.69) is 154 Å². The van der Waals surface area contributed by atoms with Gasteiger partial charge in [0.05, 0.1) is 0 Å². The quantitative estimate of drug-likeness (QED) is 0.0699. The topological polar surface area (TPSA) is 73.8 Å². The van der Waals surface area contributed by atoms with Crippen LogP contribution >= 0.6 is 0 Å². The Morgan fingerprint density at radius 3 is 0.712 bits per heavy atom. The van der Waals surface area contributed by atoms with Crippen molar-refractivity contribution >= 4 is 13.1 Å². The Balaban J connectivity index is 2.24. The number of unbranched alkanes of at least 4 members (excludes halogenated alkanes) is 4. The fraction of sp³-hybridized carbons (Fsp3) is 0.875. The van der Waals surface area contributed by atoms with Crippen LogP contribution in [0.25, 0.3) is 0 Å². The monoisotopic (exact) mass is 1030 g/mol. The molecule has 8 atom stereocenters. The Bertz CT molecular complexity index is 1630. The highest BCUT2D eigenvalue weighted by Crippen LogP contribution is 2.45. The molecule has 0 radical (unpaired) electrons. The van der Waals surface area contributed by atoms with Crippen LogP contribution in [0, 0.1) is 64.5 Å². The third-order valence-corrected chi connectivity index (χ3v) is 20.2. The molecule has 0 aromatic carbocycles. The highest BCUT2D eigenvalue weighted by Gasteiger charge is 2.48. The highest BCUT2D eigenvalue weighted by atomic mass is 27.2. The average Bonchev–Trinajstić information content (AvgIpc) is 3.36. The Hall–Kier alpha value is -1.55. The minimum absolute atomic E-state index is 0.357. The van der Waals surface area contributed by atoms with Gasteiger partial charge in [0.2, 0.25) is 0 Å². The van der Waals surface area contributed by atoms with Crippen molar-refractivity contribution < 1.29 is 37.9 Å². The number of ether oxygens (including phenoxy) is 8. The smallest absolute Gasteiger partial charge is 0.353 e. The fourth-order valence-electron chi connectivity index (χ4n) is 10.3. The molecule has 0 aromatic heterocycles. The van der Waals surface area contributed by atoms with Crippen molar-refractivity contribution in [1.82, 2.24) is 0 Å². The third-order valence-electron chi connectivity index (χ3n) is 17.9. The molecule has 4 saturated heterocycles. The molecule has 0 aromatic rings. The zero-order chi connectivity index (χ0) is 53.9. The number of hydrogen-bond acceptors (Lipinski definition) is 8. The Morgan fingerprint density at radius 2 is 0.548 bits per heavy atom. The molecule has 0 aliphatic carbocycles. The number of rotatable bonds is 24. The summed E-state index contributed by atoms with van der Waals surface area (Å²) in [4.78, 5) is 16.1. The lowest BCUT2D eigenvalue weighted by Gasteiger charge is -2.45. The summed E-state index contributed by atoms with van der Waals surface area (Å²) >= 11 is -4.33. The summed E-state index contributed by atoms with van der Waals surface area (Å²) in [5, 5.41) is 0. The first-order chi connectivity index (χ1) is 34.4. The Kier molecular flexibility index (Phi) is 25.3. The van der Waals surface area contributed by atoms with Crippen molar-refractivity contribution in [2.24, 2.45) is 21.7 Å². The molecule has 4 aliphatic heterocycles. The van der Waals surface area contributed by atoms with Crippen molar-refractivity contribution in [1.29, 1.82) is 0 Å². The molecule has 4 aliphatic rings. The molecule has 8 nitrogen and oxygen atoms in total. The molecule has 0 spiro atoms. The standard InChI is InChI=1S/4C16H27O2.Al/c4*1-6-8-12-15(3,4)16(5,7-2)18-14-11-9-10-13-17-14;/h4*14H,6,8-13H2,1,3-5H3;/q;;;;-1. The summed E-state index contributed by atoms with van der Waals surface area (Å²) < 4.78 is 54.4. The molecule has 416 valence electrons. The Morgan fingerprint density at radius 1 is 0.342 bits per heavy atom. The Labute approximate surface area is 452 Å². The van der Waals surface area contributed by atoms with Crippen molar-refractivity contribution in [3.63, 3.8) is 0 Å². The molecule has 4 heterocycles. The SMILES string of the molecule is CCCCC(C)(C)C(C)(C#[C][Al-]([C]#CC(C)(OC1CCCCO1)C(C)(C)CCCC)([C]#CC(C)(OC1CCCCO1)C(C)(C)CCCC)[C]#CC(C)(OC1CCCCO1)C(C)(C)CCCC)OC1CCCCO1. The first-order valence-corrected chi connectivity index (χ1v) is 32.2. The van der Waals surface area contributed by atoms with Gasteiger partial charge in [0.15, 0.2) is 25.2 Å². The molecule has 0 bridgehead atoms. The van der Waals surface area contributed by atoms with Crippen LogP contribution in [0.2, 0.25) is 0 Å². The first-order valence-electron chi connectivity index (χ1n) is 29.9. The average molecular weight is 1030 g/mol. The second-order valence-corrected chi connectivity index (χ2v) is 28.6. The summed E-state index contributed by atoms with van der Waals surface area (Å²) in [5.41, 5.74) is -5.14. The summed E-state index contributed by atoms with van der Waals surface area (Å²) in [6, 6.07) is 0. The third kappa shape index (κ3) is 18.3. The lowest BCUT2D eigenvalue weighted by Crippen LogP contribution is -2.49. The molecule has 0 amide bonds. The van der Waals surface area contributed by atoms with E-state index in [4.69, 9.17) is 37.9 Å². The lowest BCUT2D eigenvalue weighted by molar-refractivity contribution is -0.230. The van der Waals surface area contributed by atoms with E-state index < -0.39 is 35.5 Å². The van der Waals surface area contributed by atoms with Gasteiger partial charge >= 0.3 is 13.1 Å². The molecule has 4 rings (SSSR count). The van der Waals surface area contributed by atoms with Gasteiger partial charge in [-0.2, -0.15) is 0 Å². The van der Waals surface area contributed by atoms with Gasteiger partial charge in [-0.05, 0) is 130 Å². The molecular formula is C64H108AlO8-. The molecule has 0 saturated carbocycles. The van der Waals surface area contributed by atoms with Gasteiger partial charge < -0.3 is 57.0 Å². The van der Waals surface area contributed by atoms with Crippen LogP contribution in [-0.4, -0.2) is 87.1 Å². The van der Waals surface area contributed by atoms with Gasteiger partial charge in [0.25, 0.3) is 0 Å². The van der Waals surface area contributed by atoms with E-state index in [-0.39, 0.29) is 46.8 Å². The van der Waals surface area contributed by atoms with Crippen LogP contribution in [0.4, 0.5) is 0 Å². The summed E-state index contributed by atoms with van der Waals surface area (Å²) in [6.45, 7) is 38.9. The van der Waals surface area contributed by atoms with E-state index in [1.165, 1.54) is 0 Å². The van der Waals surface area contributed by atoms with Crippen LogP contribution in [0.1, 0.15) is 265 Å². The molecule has 9 heteroatoms. The molecular weight excluding hydrogens is 924 g/mol. The maximum atomic E-state index is 7.23. The van der Waals surface area contributed by atoms with E-state index in [0.717, 1.165) is 154 Å². The van der Waals surface area contributed by atoms with Crippen molar-refractivity contribution in [3.05, 3.63) is 0 Å². The maximum Gasteiger partial charge on any atom is 0.485 e. The molecule has 73 heavy (non-hydrogen) atoms. The van der Waals surface area contributed by atoms with Crippen LogP contribution in [0.5, 0.6) is 0 Å². The van der Waals surface area contributed by atoms with Crippen LogP contribution in [0.15, 0.2) is 0 Å². The van der Waals surface area contributed by atoms with Crippen LogP contribution in [-0.2, 0) is 37.9 Å². The predicted octanol–water partition coefficient (Wildman–Crippen LogP) is 15.7. The van der Waals surface area contributed by atoms with Gasteiger partial charge in [-0.3, -0.25) is 0 Å². The van der Waals surface area contributed by atoms with E-state index in [0.29, 0.717) is 26.4 Å². The highest BCUT2D eigenvalue weighted by molar-refractivity contribution is 7.06. The predicted molar refractivity (Wildman–Crippen MR) is 302 cm³/mol. The normalized spacial score (nSPS) is 25.4. The van der Waals surface area contributed by atoms with E-state index in [1.807, 2.05) is 0 Å². The largest absolute Gasteiger partial charge is 0.485 e. The van der Waals surface area contributed by atoms with Gasteiger partial charge in [-0.15, -0.1) is 23.7 Å². The van der Waals surface area contributed by atoms with Gasteiger partial charge in [0.1, 0.15) is 22.4 Å². The van der Waals surface area contributed by atoms with Gasteiger partial charge in [0, 0.05) is 48.1 Å². The molecule has 4 fully saturated rings. The first kappa shape index (κ1) is 64.0. The fourth-order valence-corrected chi connectivity index (χ4v) is 12.7. The van der Waals surface area contributed by atoms with Crippen LogP contribution in [0.3, 0.4) is 0 Å². The van der Waals surface area contributed by atoms with Gasteiger partial charge in [-0.25, -0.2) is 0 Å². The zero-order valence-corrected chi connectivity index (χ0v) is 51.1. The summed E-state index contributed by atoms with van der Waals surface area (Å²) in [5.74, 6) is 15.7. The van der Waals surface area contributed by atoms with E-state index in [9.17, 15) is 0 Å². The van der Waals surface area contributed by atoms with Gasteiger partial charge in [-0.1, -0.05) is 134 Å². The number of hydrogen-bond donors (Lipinski definition) is 0. The van der Waals surface area contributed by atoms with E-state index >= 15 is 0 Å². The second-order valence-electron chi connectivity index (χ2n) is 25.7. The minimum atomic E-state index is -4.33. The van der Waals surface area contributed by atoms with E-state index in [1.54, 1.807) is 0 Å². The van der Waals surface area contributed by atoms with Crippen molar-refractivity contribution in [2.45, 2.75) is 312 Å². The second kappa shape index (κ2) is 28.9. The van der Waals surface area contributed by atoms with Crippen LogP contribution < -0.4 is 0 Å². The van der Waals surface area contributed by atoms with Crippen molar-refractivity contribution in [3.8, 4) is 42.8 Å². The zero-order valence-electron chi connectivity index (χ0n) is 50.0. The molecule has 8 unspecified atom stereocenters. The summed E-state index contributed by atoms with van der Waals surface area (Å²) in [7, 11) is 0. The van der Waals surface area contributed by atoms with Crippen molar-refractivity contribution in [2.75, 3.05) is 26.4 Å². The summed E-state index contributed by atoms with van der Waals surface area (Å²) in [6.07, 6.45) is 22.4. The lowest BCUT2D eigenvalue weighted by atomic mass is 9.72.